The average Bonchev–Trinajstić information content (AvgIpc) is 2.08. The molecule has 0 amide bonds. The van der Waals surface area contributed by atoms with Gasteiger partial charge in [-0.15, -0.1) is 0 Å². The number of alkyl halides is 1. The molecule has 2 nitrogen and oxygen atoms in total. The summed E-state index contributed by atoms with van der Waals surface area (Å²) in [7, 11) is 0. The quantitative estimate of drug-likeness (QED) is 0.768. The molecule has 0 spiro atoms. The summed E-state index contributed by atoms with van der Waals surface area (Å²) >= 11 is 5.80. The first-order valence-corrected chi connectivity index (χ1v) is 4.40. The van der Waals surface area contributed by atoms with Crippen molar-refractivity contribution in [2.45, 2.75) is 25.4 Å². The Balaban J connectivity index is 2.62. The molecule has 0 bridgehead atoms. The topological polar surface area (TPSA) is 37.3 Å². The minimum atomic E-state index is -1.86. The number of rotatable bonds is 3. The first-order valence-electron chi connectivity index (χ1n) is 4.02. The van der Waals surface area contributed by atoms with Gasteiger partial charge in [0.1, 0.15) is 0 Å². The molecule has 1 aliphatic carbocycles. The molecule has 1 rings (SSSR count). The first-order chi connectivity index (χ1) is 6.11. The largest absolute Gasteiger partial charge is 0.479 e. The smallest absolute Gasteiger partial charge is 0.338 e. The normalized spacial score (nSPS) is 18.9. The number of aliphatic carboxylic acids is 1. The lowest BCUT2D eigenvalue weighted by Crippen LogP contribution is -2.15. The molecule has 1 aliphatic rings. The summed E-state index contributed by atoms with van der Waals surface area (Å²) in [5.41, 5.74) is 0.600. The van der Waals surface area contributed by atoms with Crippen molar-refractivity contribution < 1.29 is 14.3 Å². The van der Waals surface area contributed by atoms with Gasteiger partial charge in [-0.05, 0) is 18.4 Å². The van der Waals surface area contributed by atoms with Gasteiger partial charge < -0.3 is 5.11 Å². The Morgan fingerprint density at radius 3 is 3.00 bits per heavy atom. The van der Waals surface area contributed by atoms with Crippen LogP contribution in [0.1, 0.15) is 19.3 Å². The zero-order chi connectivity index (χ0) is 9.84. The lowest BCUT2D eigenvalue weighted by Gasteiger charge is -2.11. The van der Waals surface area contributed by atoms with E-state index in [0.717, 1.165) is 6.42 Å². The van der Waals surface area contributed by atoms with E-state index in [1.165, 1.54) is 0 Å². The number of carboxylic acid groups (broad SMARTS) is 1. The van der Waals surface area contributed by atoms with Gasteiger partial charge in [-0.1, -0.05) is 23.8 Å². The van der Waals surface area contributed by atoms with Crippen LogP contribution in [0.5, 0.6) is 0 Å². The molecule has 0 aromatic heterocycles. The van der Waals surface area contributed by atoms with Crippen LogP contribution in [0.2, 0.25) is 0 Å². The fourth-order valence-corrected chi connectivity index (χ4v) is 1.40. The van der Waals surface area contributed by atoms with E-state index in [-0.39, 0.29) is 6.42 Å². The lowest BCUT2D eigenvalue weighted by molar-refractivity contribution is -0.142. The Morgan fingerprint density at radius 2 is 2.46 bits per heavy atom. The molecule has 0 aliphatic heterocycles. The number of halogens is 2. The predicted molar refractivity (Wildman–Crippen MR) is 48.4 cm³/mol. The summed E-state index contributed by atoms with van der Waals surface area (Å²) in [4.78, 5) is 10.2. The third kappa shape index (κ3) is 2.84. The maximum atomic E-state index is 12.8. The van der Waals surface area contributed by atoms with Crippen LogP contribution >= 0.6 is 11.6 Å². The van der Waals surface area contributed by atoms with E-state index in [9.17, 15) is 9.18 Å². The van der Waals surface area contributed by atoms with E-state index in [1.807, 2.05) is 6.08 Å². The van der Waals surface area contributed by atoms with Crippen molar-refractivity contribution in [2.75, 3.05) is 0 Å². The van der Waals surface area contributed by atoms with Gasteiger partial charge in [0.2, 0.25) is 6.17 Å². The van der Waals surface area contributed by atoms with E-state index >= 15 is 0 Å². The fourth-order valence-electron chi connectivity index (χ4n) is 1.15. The Kier molecular flexibility index (Phi) is 3.48. The van der Waals surface area contributed by atoms with Crippen molar-refractivity contribution in [3.05, 3.63) is 22.8 Å². The van der Waals surface area contributed by atoms with Crippen molar-refractivity contribution >= 4 is 17.6 Å². The predicted octanol–water partition coefficient (Wildman–Crippen LogP) is 2.64. The highest BCUT2D eigenvalue weighted by Crippen LogP contribution is 2.26. The summed E-state index contributed by atoms with van der Waals surface area (Å²) in [5, 5.41) is 8.91. The molecule has 0 fully saturated rings. The third-order valence-corrected chi connectivity index (χ3v) is 2.30. The molecular weight excluding hydrogens is 195 g/mol. The highest BCUT2D eigenvalue weighted by atomic mass is 35.5. The highest BCUT2D eigenvalue weighted by Gasteiger charge is 2.19. The van der Waals surface area contributed by atoms with E-state index < -0.39 is 12.1 Å². The van der Waals surface area contributed by atoms with E-state index in [0.29, 0.717) is 17.0 Å². The minimum Gasteiger partial charge on any atom is -0.479 e. The SMILES string of the molecule is O=C(O)C(F)CC1=C(Cl)CCC=C1. The van der Waals surface area contributed by atoms with Gasteiger partial charge in [0.05, 0.1) is 0 Å². The summed E-state index contributed by atoms with van der Waals surface area (Å²) in [6.07, 6.45) is 3.10. The van der Waals surface area contributed by atoms with Crippen LogP contribution in [0, 0.1) is 0 Å². The third-order valence-electron chi connectivity index (χ3n) is 1.87. The molecule has 0 saturated carbocycles. The van der Waals surface area contributed by atoms with E-state index in [1.54, 1.807) is 6.08 Å². The summed E-state index contributed by atoms with van der Waals surface area (Å²) in [6.45, 7) is 0. The van der Waals surface area contributed by atoms with Crippen molar-refractivity contribution in [2.24, 2.45) is 0 Å². The van der Waals surface area contributed by atoms with Crippen LogP contribution in [-0.4, -0.2) is 17.2 Å². The van der Waals surface area contributed by atoms with Gasteiger partial charge in [-0.3, -0.25) is 0 Å². The van der Waals surface area contributed by atoms with Crippen LogP contribution < -0.4 is 0 Å². The summed E-state index contributed by atoms with van der Waals surface area (Å²) in [6, 6.07) is 0. The number of hydrogen-bond acceptors (Lipinski definition) is 1. The second-order valence-corrected chi connectivity index (χ2v) is 3.34. The van der Waals surface area contributed by atoms with Gasteiger partial charge >= 0.3 is 5.97 Å². The molecule has 0 heterocycles. The van der Waals surface area contributed by atoms with E-state index in [2.05, 4.69) is 0 Å². The van der Waals surface area contributed by atoms with Gasteiger partial charge in [0.25, 0.3) is 0 Å². The molecule has 1 N–H and O–H groups in total. The fraction of sp³-hybridized carbons (Fsp3) is 0.444. The van der Waals surface area contributed by atoms with Crippen LogP contribution in [0.4, 0.5) is 4.39 Å². The molecule has 0 aromatic carbocycles. The standard InChI is InChI=1S/C9H10ClFO2/c10-7-4-2-1-3-6(7)5-8(11)9(12)13/h1,3,8H,2,4-5H2,(H,12,13). The minimum absolute atomic E-state index is 0.134. The molecule has 0 saturated heterocycles. The van der Waals surface area contributed by atoms with Crippen molar-refractivity contribution in [3.63, 3.8) is 0 Å². The molecule has 0 radical (unpaired) electrons. The average molecular weight is 205 g/mol. The molecular formula is C9H10ClFO2. The first kappa shape index (κ1) is 10.3. The summed E-state index contributed by atoms with van der Waals surface area (Å²) < 4.78 is 12.8. The maximum Gasteiger partial charge on any atom is 0.338 e. The molecule has 1 atom stereocenters. The number of carboxylic acids is 1. The van der Waals surface area contributed by atoms with Crippen LogP contribution in [0.15, 0.2) is 22.8 Å². The molecule has 0 aromatic rings. The molecule has 13 heavy (non-hydrogen) atoms. The monoisotopic (exact) mass is 204 g/mol. The Hall–Kier alpha value is -0.830. The van der Waals surface area contributed by atoms with Crippen molar-refractivity contribution in [1.82, 2.24) is 0 Å². The lowest BCUT2D eigenvalue weighted by atomic mass is 10.0. The second-order valence-electron chi connectivity index (χ2n) is 2.88. The Morgan fingerprint density at radius 1 is 1.77 bits per heavy atom. The van der Waals surface area contributed by atoms with Gasteiger partial charge in [-0.2, -0.15) is 0 Å². The van der Waals surface area contributed by atoms with Crippen molar-refractivity contribution in [1.29, 1.82) is 0 Å². The van der Waals surface area contributed by atoms with Gasteiger partial charge in [-0.25, -0.2) is 9.18 Å². The Labute approximate surface area is 80.7 Å². The molecule has 72 valence electrons. The Bertz CT molecular complexity index is 271. The summed E-state index contributed by atoms with van der Waals surface area (Å²) in [5.74, 6) is -1.43. The number of carbonyl (C=O) groups is 1. The number of allylic oxidation sites excluding steroid dienone is 4. The van der Waals surface area contributed by atoms with Crippen molar-refractivity contribution in [3.8, 4) is 0 Å². The van der Waals surface area contributed by atoms with Gasteiger partial charge in [0, 0.05) is 11.5 Å². The highest BCUT2D eigenvalue weighted by molar-refractivity contribution is 6.30. The van der Waals surface area contributed by atoms with Crippen LogP contribution in [0.25, 0.3) is 0 Å². The maximum absolute atomic E-state index is 12.8. The molecule has 4 heteroatoms. The second kappa shape index (κ2) is 4.42. The zero-order valence-corrected chi connectivity index (χ0v) is 7.72. The van der Waals surface area contributed by atoms with E-state index in [4.69, 9.17) is 16.7 Å². The molecule has 1 unspecified atom stereocenters. The van der Waals surface area contributed by atoms with Gasteiger partial charge in [0.15, 0.2) is 0 Å². The van der Waals surface area contributed by atoms with Crippen LogP contribution in [0.3, 0.4) is 0 Å². The number of hydrogen-bond donors (Lipinski definition) is 1. The zero-order valence-electron chi connectivity index (χ0n) is 6.96. The van der Waals surface area contributed by atoms with Crippen LogP contribution in [-0.2, 0) is 4.79 Å².